The van der Waals surface area contributed by atoms with Crippen molar-refractivity contribution in [1.29, 1.82) is 0 Å². The summed E-state index contributed by atoms with van der Waals surface area (Å²) in [6.07, 6.45) is 0. The van der Waals surface area contributed by atoms with Gasteiger partial charge in [0.05, 0.1) is 6.54 Å². The third-order valence-electron chi connectivity index (χ3n) is 6.77. The molecule has 1 saturated heterocycles. The van der Waals surface area contributed by atoms with Gasteiger partial charge in [-0.15, -0.1) is 11.3 Å². The van der Waals surface area contributed by atoms with Crippen molar-refractivity contribution < 1.29 is 9.18 Å². The van der Waals surface area contributed by atoms with Gasteiger partial charge in [0.15, 0.2) is 0 Å². The van der Waals surface area contributed by atoms with Crippen LogP contribution in [0.2, 0.25) is 5.02 Å². The Hall–Kier alpha value is -3.26. The van der Waals surface area contributed by atoms with Crippen molar-refractivity contribution in [2.45, 2.75) is 26.6 Å². The maximum atomic E-state index is 13.4. The van der Waals surface area contributed by atoms with Gasteiger partial charge in [-0.05, 0) is 53.9 Å². The van der Waals surface area contributed by atoms with Crippen molar-refractivity contribution in [1.82, 2.24) is 14.8 Å². The normalized spacial score (nSPS) is 13.8. The van der Waals surface area contributed by atoms with E-state index in [1.807, 2.05) is 40.6 Å². The molecule has 4 aromatic rings. The smallest absolute Gasteiger partial charge is 0.273 e. The minimum absolute atomic E-state index is 0.0168. The number of para-hydroxylation sites is 1. The van der Waals surface area contributed by atoms with Gasteiger partial charge in [-0.25, -0.2) is 9.37 Å². The summed E-state index contributed by atoms with van der Waals surface area (Å²) in [6, 6.07) is 22.7. The topological polar surface area (TPSA) is 39.7 Å². The Morgan fingerprint density at radius 2 is 1.68 bits per heavy atom. The maximum Gasteiger partial charge on any atom is 0.273 e. The summed E-state index contributed by atoms with van der Waals surface area (Å²) in [5, 5.41) is 3.42. The van der Waals surface area contributed by atoms with Crippen LogP contribution in [0.5, 0.6) is 0 Å². The molecule has 0 N–H and O–H groups in total. The largest absolute Gasteiger partial charge is 0.368 e. The number of hydrogen-bond donors (Lipinski definition) is 0. The lowest BCUT2D eigenvalue weighted by Gasteiger charge is -2.36. The lowest BCUT2D eigenvalue weighted by Crippen LogP contribution is -2.49. The molecule has 0 bridgehead atoms. The van der Waals surface area contributed by atoms with Crippen LogP contribution in [0.25, 0.3) is 0 Å². The molecule has 5 nitrogen and oxygen atoms in total. The molecule has 0 spiro atoms. The first-order valence-electron chi connectivity index (χ1n) is 12.7. The fraction of sp³-hybridized carbons (Fsp3) is 0.267. The van der Waals surface area contributed by atoms with Crippen LogP contribution < -0.4 is 4.90 Å². The van der Waals surface area contributed by atoms with Gasteiger partial charge in [-0.1, -0.05) is 54.1 Å². The highest BCUT2D eigenvalue weighted by molar-refractivity contribution is 7.09. The quantitative estimate of drug-likeness (QED) is 0.255. The highest BCUT2D eigenvalue weighted by atomic mass is 35.5. The molecular formula is C30H30ClFN4OS. The van der Waals surface area contributed by atoms with E-state index in [1.54, 1.807) is 12.1 Å². The summed E-state index contributed by atoms with van der Waals surface area (Å²) in [6.45, 7) is 6.92. The number of carbonyl (C=O) groups is 1. The molecular weight excluding hydrogens is 519 g/mol. The van der Waals surface area contributed by atoms with Gasteiger partial charge in [-0.2, -0.15) is 0 Å². The van der Waals surface area contributed by atoms with Crippen molar-refractivity contribution in [3.05, 3.63) is 116 Å². The molecule has 0 saturated carbocycles. The highest BCUT2D eigenvalue weighted by Gasteiger charge is 2.25. The number of rotatable bonds is 8. The molecule has 2 heterocycles. The number of halogens is 2. The molecule has 1 aliphatic rings. The number of piperazine rings is 1. The molecule has 1 fully saturated rings. The van der Waals surface area contributed by atoms with E-state index in [2.05, 4.69) is 34.9 Å². The van der Waals surface area contributed by atoms with E-state index in [9.17, 15) is 9.18 Å². The van der Waals surface area contributed by atoms with Crippen LogP contribution in [0.1, 0.15) is 32.2 Å². The Balaban J connectivity index is 1.24. The maximum absolute atomic E-state index is 13.4. The molecule has 3 aromatic carbocycles. The molecule has 5 rings (SSSR count). The van der Waals surface area contributed by atoms with Crippen LogP contribution in [0.4, 0.5) is 10.1 Å². The lowest BCUT2D eigenvalue weighted by molar-refractivity contribution is 0.0741. The van der Waals surface area contributed by atoms with Crippen LogP contribution in [0.3, 0.4) is 0 Å². The molecule has 1 aliphatic heterocycles. The monoisotopic (exact) mass is 548 g/mol. The predicted octanol–water partition coefficient (Wildman–Crippen LogP) is 6.41. The van der Waals surface area contributed by atoms with Crippen molar-refractivity contribution in [2.75, 3.05) is 31.1 Å². The molecule has 0 radical (unpaired) electrons. The standard InChI is InChI=1S/C30H30ClFN4OS/c1-22-5-2-3-8-28(22)35-13-15-36(16-14-35)30(37)27-21-38-29(33-27)20-34(18-23-9-11-26(32)12-10-23)19-24-6-4-7-25(31)17-24/h2-12,17,21H,13-16,18-20H2,1H3. The van der Waals surface area contributed by atoms with E-state index in [-0.39, 0.29) is 11.7 Å². The van der Waals surface area contributed by atoms with Gasteiger partial charge in [-0.3, -0.25) is 9.69 Å². The minimum atomic E-state index is -0.252. The summed E-state index contributed by atoms with van der Waals surface area (Å²) >= 11 is 7.71. The second-order valence-electron chi connectivity index (χ2n) is 9.59. The molecule has 0 atom stereocenters. The number of thiazole rings is 1. The van der Waals surface area contributed by atoms with Crippen LogP contribution in [0, 0.1) is 12.7 Å². The van der Waals surface area contributed by atoms with E-state index in [1.165, 1.54) is 34.7 Å². The van der Waals surface area contributed by atoms with Crippen LogP contribution in [0.15, 0.2) is 78.2 Å². The van der Waals surface area contributed by atoms with Crippen molar-refractivity contribution in [3.8, 4) is 0 Å². The lowest BCUT2D eigenvalue weighted by atomic mass is 10.1. The first-order valence-corrected chi connectivity index (χ1v) is 14.0. The van der Waals surface area contributed by atoms with Gasteiger partial charge in [0.25, 0.3) is 5.91 Å². The Morgan fingerprint density at radius 1 is 0.947 bits per heavy atom. The van der Waals surface area contributed by atoms with Gasteiger partial charge in [0.1, 0.15) is 16.5 Å². The third kappa shape index (κ3) is 6.59. The molecule has 8 heteroatoms. The Labute approximate surface area is 232 Å². The molecule has 0 unspecified atom stereocenters. The second-order valence-corrected chi connectivity index (χ2v) is 11.0. The van der Waals surface area contributed by atoms with Crippen LogP contribution in [-0.2, 0) is 19.6 Å². The van der Waals surface area contributed by atoms with E-state index >= 15 is 0 Å². The van der Waals surface area contributed by atoms with Crippen molar-refractivity contribution in [2.24, 2.45) is 0 Å². The minimum Gasteiger partial charge on any atom is -0.368 e. The van der Waals surface area contributed by atoms with E-state index in [4.69, 9.17) is 16.6 Å². The molecule has 196 valence electrons. The SMILES string of the molecule is Cc1ccccc1N1CCN(C(=O)c2csc(CN(Cc3ccc(F)cc3)Cc3cccc(Cl)c3)n2)CC1. The fourth-order valence-corrected chi connectivity index (χ4v) is 5.84. The summed E-state index contributed by atoms with van der Waals surface area (Å²) in [7, 11) is 0. The summed E-state index contributed by atoms with van der Waals surface area (Å²) in [4.78, 5) is 24.4. The Kier molecular flexibility index (Phi) is 8.37. The third-order valence-corrected chi connectivity index (χ3v) is 7.84. The Morgan fingerprint density at radius 3 is 2.42 bits per heavy atom. The van der Waals surface area contributed by atoms with E-state index < -0.39 is 0 Å². The number of nitrogens with zero attached hydrogens (tertiary/aromatic N) is 4. The molecule has 38 heavy (non-hydrogen) atoms. The number of aryl methyl sites for hydroxylation is 1. The number of carbonyl (C=O) groups excluding carboxylic acids is 1. The number of aromatic nitrogens is 1. The Bertz CT molecular complexity index is 1390. The molecule has 1 aromatic heterocycles. The van der Waals surface area contributed by atoms with Crippen molar-refractivity contribution >= 4 is 34.5 Å². The number of amides is 1. The summed E-state index contributed by atoms with van der Waals surface area (Å²) in [5.74, 6) is -0.269. The van der Waals surface area contributed by atoms with Crippen molar-refractivity contribution in [3.63, 3.8) is 0 Å². The highest BCUT2D eigenvalue weighted by Crippen LogP contribution is 2.23. The average Bonchev–Trinajstić information content (AvgIpc) is 3.38. The van der Waals surface area contributed by atoms with E-state index in [0.717, 1.165) is 29.2 Å². The van der Waals surface area contributed by atoms with Gasteiger partial charge in [0, 0.05) is 55.4 Å². The zero-order chi connectivity index (χ0) is 26.5. The first kappa shape index (κ1) is 26.4. The van der Waals surface area contributed by atoms with Gasteiger partial charge in [0.2, 0.25) is 0 Å². The summed E-state index contributed by atoms with van der Waals surface area (Å²) in [5.41, 5.74) is 5.07. The fourth-order valence-electron chi connectivity index (χ4n) is 4.81. The molecule has 0 aliphatic carbocycles. The van der Waals surface area contributed by atoms with Crippen LogP contribution in [-0.4, -0.2) is 46.9 Å². The predicted molar refractivity (Wildman–Crippen MR) is 152 cm³/mol. The zero-order valence-corrected chi connectivity index (χ0v) is 22.9. The van der Waals surface area contributed by atoms with Gasteiger partial charge < -0.3 is 9.80 Å². The number of anilines is 1. The summed E-state index contributed by atoms with van der Waals surface area (Å²) < 4.78 is 13.4. The second kappa shape index (κ2) is 12.1. The average molecular weight is 549 g/mol. The van der Waals surface area contributed by atoms with E-state index in [0.29, 0.717) is 43.4 Å². The molecule has 1 amide bonds. The van der Waals surface area contributed by atoms with Gasteiger partial charge >= 0.3 is 0 Å². The number of hydrogen-bond acceptors (Lipinski definition) is 5. The first-order chi connectivity index (χ1) is 18.4. The zero-order valence-electron chi connectivity index (χ0n) is 21.3. The number of benzene rings is 3. The van der Waals surface area contributed by atoms with Crippen LogP contribution >= 0.6 is 22.9 Å².